The predicted molar refractivity (Wildman–Crippen MR) is 520 cm³/mol. The third-order valence-corrected chi connectivity index (χ3v) is 27.5. The molecule has 26 rings (SSSR count). The molecule has 0 bridgehead atoms. The fourth-order valence-electron chi connectivity index (χ4n) is 19.6. The lowest BCUT2D eigenvalue weighted by Crippen LogP contribution is -2.41. The molecule has 6 saturated carbocycles. The van der Waals surface area contributed by atoms with E-state index in [1.54, 1.807) is 43.4 Å². The van der Waals surface area contributed by atoms with Crippen molar-refractivity contribution in [3.63, 3.8) is 0 Å². The summed E-state index contributed by atoms with van der Waals surface area (Å²) in [7, 11) is 0. The molecule has 15 heterocycles. The van der Waals surface area contributed by atoms with Crippen LogP contribution in [0.5, 0.6) is 0 Å². The Bertz CT molecular complexity index is 7530. The van der Waals surface area contributed by atoms with Crippen LogP contribution in [0.1, 0.15) is 249 Å². The van der Waals surface area contributed by atoms with Crippen LogP contribution in [-0.4, -0.2) is 106 Å². The van der Waals surface area contributed by atoms with Crippen molar-refractivity contribution in [2.75, 3.05) is 0 Å². The van der Waals surface area contributed by atoms with Crippen molar-refractivity contribution in [3.8, 4) is 44.5 Å². The first-order chi connectivity index (χ1) is 67.4. The molecule has 6 aliphatic carbocycles. The number of H-pyrrole nitrogens is 4. The summed E-state index contributed by atoms with van der Waals surface area (Å²) in [5.41, 5.74) is 37.1. The molecule has 6 aliphatic rings. The Hall–Kier alpha value is -15.9. The summed E-state index contributed by atoms with van der Waals surface area (Å²) in [5.74, 6) is 9.71. The van der Waals surface area contributed by atoms with Crippen molar-refractivity contribution >= 4 is 44.1 Å². The standard InChI is InChI=1S/C29H26N4O2.C28H25N5O2.C26H22N8O.C26H24N6O/c1-17-25(27(35-33-17)18-10-11-18)20-15-22(26-23(16-20)31-28(32-26)19-12-13-19)29(34,21-7-3-2-4-8-21)24-9-5-6-14-30-24;1-16-24(25(33-35-16)17-8-9-17)19-14-20(26-21(15-19)31-27(32-26)18-10-11-18)28(34,22-6-2-4-12-29-22)23-7-3-5-13-30-23;1-15-23(16(2)35-32-15)18-13-19(24-20(14-18)30-25(31-24)17-9-10-17)26(33-34-27,21-7-3-5-11-28-21)22-8-4-6-12-29-22;1-15-23(16(2)33-32-15)18-13-19(24-20(14-18)30-25(31-24)17-9-10-17)26(27,21-7-3-5-11-28-21)22-8-4-6-12-29-22/h2-9,14-16,18-19,34H,10-13H2,1H3,(H,31,32);2-7,12-15,17-18,34H,8-11H2,1H3,(H,31,32);3-8,11-14,17H,9-10H2,1-2H3,(H,30,31);3-8,11-14,17H,9-10,27H2,1-2H3,(H,30,31). The summed E-state index contributed by atoms with van der Waals surface area (Å²) in [4.78, 5) is 69.9. The molecule has 0 radical (unpaired) electrons. The van der Waals surface area contributed by atoms with Crippen LogP contribution in [0.25, 0.3) is 99.1 Å². The molecule has 15 aromatic heterocycles. The van der Waals surface area contributed by atoms with Gasteiger partial charge >= 0.3 is 0 Å². The quantitative estimate of drug-likeness (QED) is 0.0178. The summed E-state index contributed by atoms with van der Waals surface area (Å²) in [6.07, 6.45) is 25.5. The zero-order valence-electron chi connectivity index (χ0n) is 76.8. The Morgan fingerprint density at radius 2 is 0.645 bits per heavy atom. The largest absolute Gasteiger partial charge is 0.374 e. The lowest BCUT2D eigenvalue weighted by Gasteiger charge is -2.30. The van der Waals surface area contributed by atoms with Gasteiger partial charge in [0.05, 0.1) is 107 Å². The second kappa shape index (κ2) is 34.8. The number of rotatable bonds is 23. The molecule has 1 unspecified atom stereocenters. The predicted octanol–water partition coefficient (Wildman–Crippen LogP) is 22.2. The van der Waals surface area contributed by atoms with Crippen molar-refractivity contribution in [1.29, 1.82) is 0 Å². The van der Waals surface area contributed by atoms with Gasteiger partial charge in [-0.2, -0.15) is 0 Å². The molecule has 5 aromatic carbocycles. The molecule has 0 saturated heterocycles. The van der Waals surface area contributed by atoms with E-state index in [0.29, 0.717) is 97.8 Å². The van der Waals surface area contributed by atoms with Crippen LogP contribution in [0.2, 0.25) is 0 Å². The van der Waals surface area contributed by atoms with Gasteiger partial charge in [0.25, 0.3) is 0 Å². The van der Waals surface area contributed by atoms with Gasteiger partial charge in [0.15, 0.2) is 16.7 Å². The van der Waals surface area contributed by atoms with Gasteiger partial charge in [-0.3, -0.25) is 34.9 Å². The number of pyridine rings is 7. The first-order valence-electron chi connectivity index (χ1n) is 47.1. The Kier molecular flexibility index (Phi) is 21.7. The number of aryl methyl sites for hydroxylation is 6. The maximum Gasteiger partial charge on any atom is 0.176 e. The molecule has 1 atom stereocenters. The lowest BCUT2D eigenvalue weighted by atomic mass is 9.81. The molecule has 0 aliphatic heterocycles. The summed E-state index contributed by atoms with van der Waals surface area (Å²) in [5, 5.41) is 46.6. The Labute approximate surface area is 791 Å². The minimum atomic E-state index is -1.60. The maximum absolute atomic E-state index is 12.6. The van der Waals surface area contributed by atoms with E-state index >= 15 is 0 Å². The van der Waals surface area contributed by atoms with E-state index in [4.69, 9.17) is 43.8 Å². The number of aromatic nitrogens is 19. The highest BCUT2D eigenvalue weighted by atomic mass is 16.5. The van der Waals surface area contributed by atoms with Crippen LogP contribution >= 0.6 is 0 Å². The number of hydrogen-bond acceptors (Lipinski definition) is 23. The SMILES string of the molecule is Cc1noc(C)c1-c1cc(C(N)(c2ccccn2)c2ccccn2)c2nc(C3CC3)[nH]c2c1.Cc1noc(C)c1-c1cc(C(N=[N+]=[N-])(c2ccccn2)c2ccccn2)c2nc(C3CC3)[nH]c2c1.Cc1noc(C2CC2)c1-c1cc(C(O)(c2ccccc2)c2ccccn2)c2nc(C3CC3)[nH]c2c1.Cc1onc(C2CC2)c1-c1cc(C(O)(c2ccccn2)c2ccccn2)c2nc(C3CC3)[nH]c2c1. The second-order valence-electron chi connectivity index (χ2n) is 37.2. The molecule has 0 amide bonds. The molecule has 6 fully saturated rings. The highest BCUT2D eigenvalue weighted by molar-refractivity contribution is 5.93. The number of nitrogens with two attached hydrogens (primary N) is 1. The zero-order valence-corrected chi connectivity index (χ0v) is 76.8. The number of fused-ring (bicyclic) bond motifs is 4. The van der Waals surface area contributed by atoms with Crippen molar-refractivity contribution in [3.05, 3.63) is 397 Å². The Balaban J connectivity index is 0.000000103. The number of azide groups is 1. The minimum Gasteiger partial charge on any atom is -0.374 e. The first kappa shape index (κ1) is 86.2. The highest BCUT2D eigenvalue weighted by Crippen LogP contribution is 2.54. The number of imidazole rings is 4. The van der Waals surface area contributed by atoms with E-state index in [-0.39, 0.29) is 0 Å². The summed E-state index contributed by atoms with van der Waals surface area (Å²) >= 11 is 0. The van der Waals surface area contributed by atoms with Crippen LogP contribution in [0.4, 0.5) is 0 Å². The van der Waals surface area contributed by atoms with E-state index in [1.807, 2.05) is 211 Å². The molecule has 684 valence electrons. The van der Waals surface area contributed by atoms with Gasteiger partial charge in [0.2, 0.25) is 0 Å². The van der Waals surface area contributed by atoms with E-state index in [0.717, 1.165) is 240 Å². The van der Waals surface area contributed by atoms with Gasteiger partial charge in [-0.1, -0.05) is 98.5 Å². The fourth-order valence-corrected chi connectivity index (χ4v) is 19.6. The average Bonchev–Trinajstić information content (AvgIpc) is 1.54. The molecule has 20 aromatic rings. The molecular formula is C109H97N23O6. The van der Waals surface area contributed by atoms with Gasteiger partial charge in [-0.05, 0) is 285 Å². The number of nitrogens with one attached hydrogen (secondary N) is 4. The first-order valence-corrected chi connectivity index (χ1v) is 47.1. The Morgan fingerprint density at radius 3 is 1.02 bits per heavy atom. The molecule has 29 nitrogen and oxygen atoms in total. The summed E-state index contributed by atoms with van der Waals surface area (Å²) in [6, 6.07) is 65.8. The van der Waals surface area contributed by atoms with E-state index in [2.05, 4.69) is 122 Å². The normalized spacial score (nSPS) is 15.4. The second-order valence-corrected chi connectivity index (χ2v) is 37.2. The Morgan fingerprint density at radius 1 is 0.333 bits per heavy atom. The van der Waals surface area contributed by atoms with Crippen molar-refractivity contribution in [2.24, 2.45) is 10.8 Å². The number of hydrogen-bond donors (Lipinski definition) is 7. The van der Waals surface area contributed by atoms with E-state index in [1.165, 1.54) is 0 Å². The summed E-state index contributed by atoms with van der Waals surface area (Å²) in [6.45, 7) is 11.6. The van der Waals surface area contributed by atoms with Crippen molar-refractivity contribution < 1.29 is 28.3 Å². The van der Waals surface area contributed by atoms with Crippen LogP contribution in [0.15, 0.2) is 273 Å². The van der Waals surface area contributed by atoms with Gasteiger partial charge in [0.1, 0.15) is 51.9 Å². The molecular weight excluding hydrogens is 1730 g/mol. The smallest absolute Gasteiger partial charge is 0.176 e. The maximum atomic E-state index is 12.6. The van der Waals surface area contributed by atoms with Gasteiger partial charge < -0.3 is 54.0 Å². The van der Waals surface area contributed by atoms with Crippen LogP contribution in [-0.2, 0) is 22.3 Å². The molecule has 8 N–H and O–H groups in total. The molecule has 29 heteroatoms. The number of benzene rings is 5. The third-order valence-electron chi connectivity index (χ3n) is 27.5. The monoisotopic (exact) mass is 1820 g/mol. The molecule has 0 spiro atoms. The number of aliphatic hydroxyl groups is 2. The van der Waals surface area contributed by atoms with Crippen molar-refractivity contribution in [2.45, 2.75) is 176 Å². The lowest BCUT2D eigenvalue weighted by molar-refractivity contribution is 0.117. The van der Waals surface area contributed by atoms with Crippen molar-refractivity contribution in [1.82, 2.24) is 95.4 Å². The van der Waals surface area contributed by atoms with E-state index < -0.39 is 22.3 Å². The highest BCUT2D eigenvalue weighted by Gasteiger charge is 2.47. The van der Waals surface area contributed by atoms with Gasteiger partial charge in [-0.25, -0.2) is 19.9 Å². The average molecular weight is 1830 g/mol. The minimum absolute atomic E-state index is 0.413. The van der Waals surface area contributed by atoms with Crippen LogP contribution in [0.3, 0.4) is 0 Å². The van der Waals surface area contributed by atoms with E-state index in [9.17, 15) is 15.7 Å². The molecule has 138 heavy (non-hydrogen) atoms. The summed E-state index contributed by atoms with van der Waals surface area (Å²) < 4.78 is 22.4. The zero-order chi connectivity index (χ0) is 93.7. The van der Waals surface area contributed by atoms with Crippen LogP contribution < -0.4 is 5.73 Å². The third kappa shape index (κ3) is 15.6. The van der Waals surface area contributed by atoms with Crippen LogP contribution in [0, 0.1) is 41.5 Å². The topological polar surface area (TPSA) is 424 Å². The van der Waals surface area contributed by atoms with Gasteiger partial charge in [-0.15, -0.1) is 0 Å². The van der Waals surface area contributed by atoms with Gasteiger partial charge in [0, 0.05) is 128 Å². The fraction of sp³-hybridized carbons (Fsp3) is 0.257. The number of nitrogens with zero attached hydrogens (tertiary/aromatic N) is 18. The number of aromatic amines is 4.